The Kier molecular flexibility index (Phi) is 3.17. The highest BCUT2D eigenvalue weighted by atomic mass is 19.1. The van der Waals surface area contributed by atoms with E-state index in [4.69, 9.17) is 4.52 Å². The molecule has 4 nitrogen and oxygen atoms in total. The van der Waals surface area contributed by atoms with Gasteiger partial charge in [0.25, 0.3) is 0 Å². The SMILES string of the molecule is Cc1noc2c1C(c1cccc(F)c1)C1=C(CC(C)(C)CC1=O)N2. The largest absolute Gasteiger partial charge is 0.338 e. The van der Waals surface area contributed by atoms with E-state index < -0.39 is 0 Å². The van der Waals surface area contributed by atoms with Gasteiger partial charge in [-0.25, -0.2) is 4.39 Å². The van der Waals surface area contributed by atoms with Crippen LogP contribution in [0.25, 0.3) is 0 Å². The Morgan fingerprint density at radius 2 is 2.12 bits per heavy atom. The van der Waals surface area contributed by atoms with Crippen LogP contribution in [0.15, 0.2) is 40.1 Å². The molecule has 0 saturated carbocycles. The van der Waals surface area contributed by atoms with Crippen LogP contribution >= 0.6 is 0 Å². The predicted octanol–water partition coefficient (Wildman–Crippen LogP) is 4.32. The molecule has 1 N–H and O–H groups in total. The van der Waals surface area contributed by atoms with Gasteiger partial charge >= 0.3 is 0 Å². The number of benzene rings is 1. The van der Waals surface area contributed by atoms with Crippen molar-refractivity contribution in [2.75, 3.05) is 5.32 Å². The fraction of sp³-hybridized carbons (Fsp3) is 0.368. The van der Waals surface area contributed by atoms with Crippen LogP contribution in [0.3, 0.4) is 0 Å². The molecule has 1 unspecified atom stereocenters. The van der Waals surface area contributed by atoms with Gasteiger partial charge in [-0.1, -0.05) is 31.1 Å². The van der Waals surface area contributed by atoms with Gasteiger partial charge in [-0.05, 0) is 36.5 Å². The molecule has 1 aromatic carbocycles. The highest BCUT2D eigenvalue weighted by molar-refractivity contribution is 6.01. The number of fused-ring (bicyclic) bond motifs is 1. The molecule has 0 radical (unpaired) electrons. The molecule has 2 aliphatic rings. The van der Waals surface area contributed by atoms with E-state index in [0.29, 0.717) is 12.3 Å². The third kappa shape index (κ3) is 2.27. The van der Waals surface area contributed by atoms with Crippen LogP contribution < -0.4 is 5.32 Å². The third-order valence-corrected chi connectivity index (χ3v) is 4.85. The molecule has 0 spiro atoms. The molecule has 1 atom stereocenters. The van der Waals surface area contributed by atoms with E-state index in [1.807, 2.05) is 13.0 Å². The van der Waals surface area contributed by atoms with E-state index in [9.17, 15) is 9.18 Å². The molecule has 2 aromatic rings. The molecule has 1 aliphatic carbocycles. The molecule has 24 heavy (non-hydrogen) atoms. The third-order valence-electron chi connectivity index (χ3n) is 4.85. The molecule has 0 amide bonds. The topological polar surface area (TPSA) is 55.1 Å². The first-order valence-electron chi connectivity index (χ1n) is 8.11. The van der Waals surface area contributed by atoms with Gasteiger partial charge in [-0.15, -0.1) is 0 Å². The number of Topliss-reactive ketones (excluding diaryl/α,β-unsaturated/α-hetero) is 1. The molecular weight excluding hydrogens is 307 g/mol. The Morgan fingerprint density at radius 1 is 1.33 bits per heavy atom. The summed E-state index contributed by atoms with van der Waals surface area (Å²) in [6, 6.07) is 6.43. The maximum Gasteiger partial charge on any atom is 0.233 e. The van der Waals surface area contributed by atoms with E-state index in [1.54, 1.807) is 6.07 Å². The number of rotatable bonds is 1. The van der Waals surface area contributed by atoms with Crippen molar-refractivity contribution in [3.8, 4) is 0 Å². The smallest absolute Gasteiger partial charge is 0.233 e. The number of halogens is 1. The maximum atomic E-state index is 13.8. The fourth-order valence-electron chi connectivity index (χ4n) is 3.89. The van der Waals surface area contributed by atoms with E-state index in [2.05, 4.69) is 24.3 Å². The lowest BCUT2D eigenvalue weighted by Gasteiger charge is -2.37. The number of allylic oxidation sites excluding steroid dienone is 2. The fourth-order valence-corrected chi connectivity index (χ4v) is 3.89. The lowest BCUT2D eigenvalue weighted by molar-refractivity contribution is -0.118. The van der Waals surface area contributed by atoms with Crippen LogP contribution in [0.4, 0.5) is 10.3 Å². The molecule has 124 valence electrons. The van der Waals surface area contributed by atoms with Gasteiger partial charge < -0.3 is 9.84 Å². The van der Waals surface area contributed by atoms with Crippen LogP contribution in [-0.2, 0) is 4.79 Å². The van der Waals surface area contributed by atoms with Crippen molar-refractivity contribution in [3.63, 3.8) is 0 Å². The first-order valence-corrected chi connectivity index (χ1v) is 8.11. The number of anilines is 1. The van der Waals surface area contributed by atoms with Crippen LogP contribution in [-0.4, -0.2) is 10.9 Å². The number of hydrogen-bond donors (Lipinski definition) is 1. The van der Waals surface area contributed by atoms with Gasteiger partial charge in [-0.2, -0.15) is 0 Å². The standard InChI is InChI=1S/C19H19FN2O2/c1-10-15-16(11-5-4-6-12(20)7-11)17-13(21-18(15)24-22-10)8-19(2,3)9-14(17)23/h4-7,16,21H,8-9H2,1-3H3. The number of nitrogens with one attached hydrogen (secondary N) is 1. The van der Waals surface area contributed by atoms with E-state index >= 15 is 0 Å². The monoisotopic (exact) mass is 326 g/mol. The summed E-state index contributed by atoms with van der Waals surface area (Å²) in [4.78, 5) is 12.9. The average Bonchev–Trinajstić information content (AvgIpc) is 2.85. The number of carbonyl (C=O) groups excluding carboxylic acids is 1. The Hall–Kier alpha value is -2.43. The van der Waals surface area contributed by atoms with Crippen molar-refractivity contribution >= 4 is 11.7 Å². The first kappa shape index (κ1) is 15.1. The van der Waals surface area contributed by atoms with Crippen molar-refractivity contribution in [1.82, 2.24) is 5.16 Å². The molecule has 0 saturated heterocycles. The summed E-state index contributed by atoms with van der Waals surface area (Å²) in [6.45, 7) is 6.00. The molecule has 0 bridgehead atoms. The van der Waals surface area contributed by atoms with Gasteiger partial charge in [0.1, 0.15) is 5.82 Å². The zero-order chi connectivity index (χ0) is 17.1. The molecule has 2 heterocycles. The Bertz CT molecular complexity index is 879. The van der Waals surface area contributed by atoms with Gasteiger partial charge in [0, 0.05) is 23.6 Å². The Labute approximate surface area is 139 Å². The molecule has 1 aliphatic heterocycles. The average molecular weight is 326 g/mol. The Morgan fingerprint density at radius 3 is 2.88 bits per heavy atom. The second-order valence-corrected chi connectivity index (χ2v) is 7.46. The normalized spacial score (nSPS) is 22.0. The number of ketones is 1. The van der Waals surface area contributed by atoms with Crippen molar-refractivity contribution in [2.45, 2.75) is 39.5 Å². The van der Waals surface area contributed by atoms with Gasteiger partial charge in [0.05, 0.1) is 11.3 Å². The van der Waals surface area contributed by atoms with E-state index in [0.717, 1.165) is 34.5 Å². The maximum absolute atomic E-state index is 13.8. The van der Waals surface area contributed by atoms with E-state index in [1.165, 1.54) is 12.1 Å². The molecular formula is C19H19FN2O2. The summed E-state index contributed by atoms with van der Waals surface area (Å²) >= 11 is 0. The number of nitrogens with zero attached hydrogens (tertiary/aromatic N) is 1. The zero-order valence-corrected chi connectivity index (χ0v) is 13.9. The summed E-state index contributed by atoms with van der Waals surface area (Å²) in [7, 11) is 0. The second-order valence-electron chi connectivity index (χ2n) is 7.46. The van der Waals surface area contributed by atoms with Gasteiger partial charge in [0.2, 0.25) is 5.88 Å². The highest BCUT2D eigenvalue weighted by Gasteiger charge is 2.42. The number of hydrogen-bond acceptors (Lipinski definition) is 4. The van der Waals surface area contributed by atoms with Crippen LogP contribution in [0.5, 0.6) is 0 Å². The second kappa shape index (κ2) is 5.03. The minimum atomic E-state index is -0.332. The van der Waals surface area contributed by atoms with Crippen molar-refractivity contribution in [3.05, 3.63) is 58.2 Å². The Balaban J connectivity index is 1.95. The van der Waals surface area contributed by atoms with Crippen LogP contribution in [0, 0.1) is 18.2 Å². The molecule has 1 aromatic heterocycles. The van der Waals surface area contributed by atoms with Crippen molar-refractivity contribution in [2.24, 2.45) is 5.41 Å². The number of aryl methyl sites for hydroxylation is 1. The number of carbonyl (C=O) groups is 1. The summed E-state index contributed by atoms with van der Waals surface area (Å²) in [5.41, 5.74) is 3.78. The van der Waals surface area contributed by atoms with Crippen molar-refractivity contribution < 1.29 is 13.7 Å². The minimum absolute atomic E-state index is 0.106. The minimum Gasteiger partial charge on any atom is -0.338 e. The summed E-state index contributed by atoms with van der Waals surface area (Å²) in [5, 5.41) is 7.30. The molecule has 4 rings (SSSR count). The molecule has 0 fully saturated rings. The van der Waals surface area contributed by atoms with Gasteiger partial charge in [0.15, 0.2) is 5.78 Å². The summed E-state index contributed by atoms with van der Waals surface area (Å²) in [6.07, 6.45) is 1.23. The summed E-state index contributed by atoms with van der Waals surface area (Å²) < 4.78 is 19.2. The summed E-state index contributed by atoms with van der Waals surface area (Å²) in [5.74, 6) is 0.0227. The van der Waals surface area contributed by atoms with Crippen LogP contribution in [0.1, 0.15) is 49.4 Å². The van der Waals surface area contributed by atoms with E-state index in [-0.39, 0.29) is 22.9 Å². The van der Waals surface area contributed by atoms with Gasteiger partial charge in [-0.3, -0.25) is 4.79 Å². The van der Waals surface area contributed by atoms with Crippen molar-refractivity contribution in [1.29, 1.82) is 0 Å². The lowest BCUT2D eigenvalue weighted by atomic mass is 9.69. The first-order chi connectivity index (χ1) is 11.4. The predicted molar refractivity (Wildman–Crippen MR) is 88.2 cm³/mol. The number of aromatic nitrogens is 1. The lowest BCUT2D eigenvalue weighted by Crippen LogP contribution is -2.33. The molecule has 5 heteroatoms. The zero-order valence-electron chi connectivity index (χ0n) is 13.9. The quantitative estimate of drug-likeness (QED) is 0.848. The van der Waals surface area contributed by atoms with Crippen LogP contribution in [0.2, 0.25) is 0 Å². The highest BCUT2D eigenvalue weighted by Crippen LogP contribution is 2.49.